The Morgan fingerprint density at radius 3 is 3.10 bits per heavy atom. The van der Waals surface area contributed by atoms with Gasteiger partial charge in [-0.05, 0) is 17.3 Å². The van der Waals surface area contributed by atoms with E-state index in [2.05, 4.69) is 31.0 Å². The molecule has 3 aromatic rings. The Morgan fingerprint density at radius 1 is 1.33 bits per heavy atom. The van der Waals surface area contributed by atoms with Crippen LogP contribution in [0.2, 0.25) is 0 Å². The SMILES string of the molecule is OCCn1cc(CNc2cccc(-c3nn[nH]n3)c2)cn1. The first-order chi connectivity index (χ1) is 10.3. The molecule has 0 aliphatic heterocycles. The highest BCUT2D eigenvalue weighted by molar-refractivity contribution is 5.61. The van der Waals surface area contributed by atoms with Gasteiger partial charge in [0.05, 0.1) is 19.3 Å². The number of anilines is 1. The van der Waals surface area contributed by atoms with E-state index in [0.29, 0.717) is 18.9 Å². The molecule has 3 rings (SSSR count). The molecular formula is C13H15N7O. The minimum Gasteiger partial charge on any atom is -0.394 e. The van der Waals surface area contributed by atoms with Crippen molar-refractivity contribution in [2.75, 3.05) is 11.9 Å². The number of aromatic amines is 1. The fraction of sp³-hybridized carbons (Fsp3) is 0.231. The van der Waals surface area contributed by atoms with Crippen LogP contribution in [0.4, 0.5) is 5.69 Å². The summed E-state index contributed by atoms with van der Waals surface area (Å²) in [4.78, 5) is 0. The summed E-state index contributed by atoms with van der Waals surface area (Å²) in [5, 5.41) is 30.2. The molecule has 0 atom stereocenters. The van der Waals surface area contributed by atoms with Crippen LogP contribution >= 0.6 is 0 Å². The fourth-order valence-electron chi connectivity index (χ4n) is 1.98. The Hall–Kier alpha value is -2.74. The minimum absolute atomic E-state index is 0.0846. The Labute approximate surface area is 120 Å². The number of aliphatic hydroxyl groups is 1. The minimum atomic E-state index is 0.0846. The summed E-state index contributed by atoms with van der Waals surface area (Å²) < 4.78 is 1.72. The third-order valence-electron chi connectivity index (χ3n) is 2.98. The molecule has 0 radical (unpaired) electrons. The third kappa shape index (κ3) is 3.23. The number of hydrogen-bond donors (Lipinski definition) is 3. The highest BCUT2D eigenvalue weighted by Crippen LogP contribution is 2.18. The van der Waals surface area contributed by atoms with E-state index in [4.69, 9.17) is 5.11 Å². The van der Waals surface area contributed by atoms with Gasteiger partial charge in [0.2, 0.25) is 5.82 Å². The van der Waals surface area contributed by atoms with Crippen molar-refractivity contribution in [3.63, 3.8) is 0 Å². The lowest BCUT2D eigenvalue weighted by Crippen LogP contribution is -2.02. The average molecular weight is 285 g/mol. The molecule has 0 saturated carbocycles. The van der Waals surface area contributed by atoms with Gasteiger partial charge in [-0.1, -0.05) is 12.1 Å². The van der Waals surface area contributed by atoms with Crippen LogP contribution in [0.15, 0.2) is 36.7 Å². The van der Waals surface area contributed by atoms with Gasteiger partial charge in [-0.3, -0.25) is 4.68 Å². The van der Waals surface area contributed by atoms with E-state index in [-0.39, 0.29) is 6.61 Å². The first-order valence-electron chi connectivity index (χ1n) is 6.55. The van der Waals surface area contributed by atoms with Crippen LogP contribution < -0.4 is 5.32 Å². The zero-order valence-electron chi connectivity index (χ0n) is 11.3. The Balaban J connectivity index is 1.66. The quantitative estimate of drug-likeness (QED) is 0.615. The van der Waals surface area contributed by atoms with E-state index in [1.54, 1.807) is 10.9 Å². The van der Waals surface area contributed by atoms with Crippen LogP contribution in [0.5, 0.6) is 0 Å². The number of tetrazole rings is 1. The van der Waals surface area contributed by atoms with Crippen LogP contribution in [0.3, 0.4) is 0 Å². The summed E-state index contributed by atoms with van der Waals surface area (Å²) in [5.74, 6) is 0.564. The predicted octanol–water partition coefficient (Wildman–Crippen LogP) is 0.668. The molecule has 8 nitrogen and oxygen atoms in total. The molecule has 0 unspecified atom stereocenters. The Kier molecular flexibility index (Phi) is 3.88. The van der Waals surface area contributed by atoms with Crippen LogP contribution in [0.25, 0.3) is 11.4 Å². The van der Waals surface area contributed by atoms with Crippen molar-refractivity contribution in [3.05, 3.63) is 42.2 Å². The highest BCUT2D eigenvalue weighted by Gasteiger charge is 2.04. The lowest BCUT2D eigenvalue weighted by molar-refractivity contribution is 0.269. The molecule has 8 heteroatoms. The van der Waals surface area contributed by atoms with E-state index in [1.165, 1.54) is 0 Å². The second-order valence-electron chi connectivity index (χ2n) is 4.51. The van der Waals surface area contributed by atoms with Gasteiger partial charge in [0.15, 0.2) is 0 Å². The van der Waals surface area contributed by atoms with Crippen LogP contribution in [-0.2, 0) is 13.1 Å². The van der Waals surface area contributed by atoms with Crippen molar-refractivity contribution in [1.82, 2.24) is 30.4 Å². The van der Waals surface area contributed by atoms with Gasteiger partial charge in [0.1, 0.15) is 0 Å². The van der Waals surface area contributed by atoms with Crippen molar-refractivity contribution < 1.29 is 5.11 Å². The van der Waals surface area contributed by atoms with Crippen molar-refractivity contribution in [2.24, 2.45) is 0 Å². The molecule has 1 aromatic carbocycles. The van der Waals surface area contributed by atoms with E-state index in [1.807, 2.05) is 30.5 Å². The Morgan fingerprint density at radius 2 is 2.29 bits per heavy atom. The molecule has 2 heterocycles. The van der Waals surface area contributed by atoms with E-state index in [0.717, 1.165) is 16.8 Å². The summed E-state index contributed by atoms with van der Waals surface area (Å²) in [7, 11) is 0. The second-order valence-corrected chi connectivity index (χ2v) is 4.51. The van der Waals surface area contributed by atoms with Gasteiger partial charge in [-0.25, -0.2) is 0 Å². The molecule has 0 saturated heterocycles. The molecule has 0 amide bonds. The van der Waals surface area contributed by atoms with Gasteiger partial charge in [-0.2, -0.15) is 10.3 Å². The van der Waals surface area contributed by atoms with Crippen molar-refractivity contribution >= 4 is 5.69 Å². The summed E-state index contributed by atoms with van der Waals surface area (Å²) in [6, 6.07) is 7.79. The maximum atomic E-state index is 8.86. The summed E-state index contributed by atoms with van der Waals surface area (Å²) in [6.07, 6.45) is 3.69. The molecular weight excluding hydrogens is 270 g/mol. The maximum absolute atomic E-state index is 8.86. The molecule has 0 aliphatic carbocycles. The zero-order chi connectivity index (χ0) is 14.5. The topological polar surface area (TPSA) is 105 Å². The molecule has 21 heavy (non-hydrogen) atoms. The van der Waals surface area contributed by atoms with Crippen molar-refractivity contribution in [2.45, 2.75) is 13.1 Å². The number of hydrogen-bond acceptors (Lipinski definition) is 6. The van der Waals surface area contributed by atoms with Crippen LogP contribution in [-0.4, -0.2) is 42.1 Å². The summed E-state index contributed by atoms with van der Waals surface area (Å²) in [5.41, 5.74) is 2.91. The monoisotopic (exact) mass is 285 g/mol. The number of aliphatic hydroxyl groups excluding tert-OH is 1. The lowest BCUT2D eigenvalue weighted by atomic mass is 10.2. The average Bonchev–Trinajstić information content (AvgIpc) is 3.18. The highest BCUT2D eigenvalue weighted by atomic mass is 16.3. The standard InChI is InChI=1S/C13H15N7O/c21-5-4-20-9-10(8-15-20)7-14-12-3-1-2-11(6-12)13-16-18-19-17-13/h1-3,6,8-9,14,21H,4-5,7H2,(H,16,17,18,19). The number of aromatic nitrogens is 6. The maximum Gasteiger partial charge on any atom is 0.204 e. The van der Waals surface area contributed by atoms with Crippen molar-refractivity contribution in [1.29, 1.82) is 0 Å². The molecule has 0 aliphatic rings. The third-order valence-corrected chi connectivity index (χ3v) is 2.98. The zero-order valence-corrected chi connectivity index (χ0v) is 11.3. The first kappa shape index (κ1) is 13.3. The molecule has 108 valence electrons. The second kappa shape index (κ2) is 6.14. The molecule has 0 spiro atoms. The number of nitrogens with one attached hydrogen (secondary N) is 2. The van der Waals surface area contributed by atoms with E-state index in [9.17, 15) is 0 Å². The first-order valence-corrected chi connectivity index (χ1v) is 6.55. The molecule has 0 fully saturated rings. The van der Waals surface area contributed by atoms with Crippen molar-refractivity contribution in [3.8, 4) is 11.4 Å². The fourth-order valence-corrected chi connectivity index (χ4v) is 1.98. The van der Waals surface area contributed by atoms with Gasteiger partial charge in [-0.15, -0.1) is 10.2 Å². The number of benzene rings is 1. The van der Waals surface area contributed by atoms with Crippen LogP contribution in [0.1, 0.15) is 5.56 Å². The summed E-state index contributed by atoms with van der Waals surface area (Å²) in [6.45, 7) is 1.25. The number of rotatable bonds is 6. The van der Waals surface area contributed by atoms with Crippen LogP contribution in [0, 0.1) is 0 Å². The molecule has 2 aromatic heterocycles. The number of H-pyrrole nitrogens is 1. The van der Waals surface area contributed by atoms with Gasteiger partial charge in [0.25, 0.3) is 0 Å². The largest absolute Gasteiger partial charge is 0.394 e. The Bertz CT molecular complexity index is 692. The predicted molar refractivity (Wildman–Crippen MR) is 76.3 cm³/mol. The molecule has 0 bridgehead atoms. The van der Waals surface area contributed by atoms with Gasteiger partial charge < -0.3 is 10.4 Å². The van der Waals surface area contributed by atoms with Gasteiger partial charge in [0, 0.05) is 29.6 Å². The summed E-state index contributed by atoms with van der Waals surface area (Å²) >= 11 is 0. The number of nitrogens with zero attached hydrogens (tertiary/aromatic N) is 5. The lowest BCUT2D eigenvalue weighted by Gasteiger charge is -2.05. The smallest absolute Gasteiger partial charge is 0.204 e. The normalized spacial score (nSPS) is 10.7. The van der Waals surface area contributed by atoms with E-state index >= 15 is 0 Å². The van der Waals surface area contributed by atoms with E-state index < -0.39 is 0 Å². The van der Waals surface area contributed by atoms with Gasteiger partial charge >= 0.3 is 0 Å². The molecule has 3 N–H and O–H groups in total.